The van der Waals surface area contributed by atoms with Crippen molar-refractivity contribution in [3.05, 3.63) is 35.9 Å². The Balaban J connectivity index is 2.23. The second-order valence-electron chi connectivity index (χ2n) is 6.29. The fourth-order valence-corrected chi connectivity index (χ4v) is 3.41. The van der Waals surface area contributed by atoms with Crippen LogP contribution in [0.4, 0.5) is 0 Å². The molecule has 3 unspecified atom stereocenters. The van der Waals surface area contributed by atoms with E-state index in [4.69, 9.17) is 4.74 Å². The Kier molecular flexibility index (Phi) is 4.11. The summed E-state index contributed by atoms with van der Waals surface area (Å²) in [5, 5.41) is 0. The second kappa shape index (κ2) is 5.44. The van der Waals surface area contributed by atoms with Gasteiger partial charge in [0.05, 0.1) is 6.10 Å². The Morgan fingerprint density at radius 3 is 2.44 bits per heavy atom. The standard InChI is InChI=1S/C17H26O/c1-13(2)14-10-11-17(3,16(12-14)18-4)15-8-6-5-7-9-15/h5-9,13-14,16H,10-12H2,1-4H3. The average molecular weight is 246 g/mol. The van der Waals surface area contributed by atoms with Gasteiger partial charge < -0.3 is 4.74 Å². The number of ether oxygens (including phenoxy) is 1. The Bertz CT molecular complexity index is 370. The molecule has 18 heavy (non-hydrogen) atoms. The Morgan fingerprint density at radius 1 is 1.22 bits per heavy atom. The molecule has 1 aliphatic rings. The maximum atomic E-state index is 5.84. The van der Waals surface area contributed by atoms with Gasteiger partial charge >= 0.3 is 0 Å². The molecule has 0 bridgehead atoms. The highest BCUT2D eigenvalue weighted by Crippen LogP contribution is 2.44. The lowest BCUT2D eigenvalue weighted by Crippen LogP contribution is -2.44. The molecule has 0 amide bonds. The first-order valence-electron chi connectivity index (χ1n) is 7.16. The van der Waals surface area contributed by atoms with Crippen molar-refractivity contribution in [1.82, 2.24) is 0 Å². The van der Waals surface area contributed by atoms with Crippen LogP contribution >= 0.6 is 0 Å². The minimum absolute atomic E-state index is 0.182. The SMILES string of the molecule is COC1CC(C(C)C)CCC1(C)c1ccccc1. The molecule has 0 N–H and O–H groups in total. The van der Waals surface area contributed by atoms with Gasteiger partial charge in [-0.05, 0) is 36.7 Å². The highest BCUT2D eigenvalue weighted by Gasteiger charge is 2.41. The van der Waals surface area contributed by atoms with Crippen molar-refractivity contribution < 1.29 is 4.74 Å². The van der Waals surface area contributed by atoms with Crippen LogP contribution in [0.1, 0.15) is 45.6 Å². The third kappa shape index (κ3) is 2.47. The maximum absolute atomic E-state index is 5.84. The van der Waals surface area contributed by atoms with Crippen LogP contribution in [-0.4, -0.2) is 13.2 Å². The minimum Gasteiger partial charge on any atom is -0.381 e. The fourth-order valence-electron chi connectivity index (χ4n) is 3.41. The van der Waals surface area contributed by atoms with Crippen molar-refractivity contribution in [2.45, 2.75) is 51.6 Å². The van der Waals surface area contributed by atoms with Crippen LogP contribution in [0.3, 0.4) is 0 Å². The first-order chi connectivity index (χ1) is 8.58. The second-order valence-corrected chi connectivity index (χ2v) is 6.29. The average Bonchev–Trinajstić information content (AvgIpc) is 2.40. The van der Waals surface area contributed by atoms with E-state index in [2.05, 4.69) is 51.1 Å². The summed E-state index contributed by atoms with van der Waals surface area (Å²) in [7, 11) is 1.87. The Morgan fingerprint density at radius 2 is 1.89 bits per heavy atom. The molecule has 1 heteroatoms. The number of hydrogen-bond donors (Lipinski definition) is 0. The Labute approximate surface area is 112 Å². The van der Waals surface area contributed by atoms with Crippen LogP contribution in [0.15, 0.2) is 30.3 Å². The van der Waals surface area contributed by atoms with Gasteiger partial charge in [-0.25, -0.2) is 0 Å². The molecule has 2 rings (SSSR count). The van der Waals surface area contributed by atoms with Gasteiger partial charge in [0.1, 0.15) is 0 Å². The zero-order chi connectivity index (χ0) is 13.2. The van der Waals surface area contributed by atoms with Crippen LogP contribution < -0.4 is 0 Å². The molecule has 1 aromatic carbocycles. The van der Waals surface area contributed by atoms with Crippen molar-refractivity contribution in [2.24, 2.45) is 11.8 Å². The molecule has 3 atom stereocenters. The third-order valence-electron chi connectivity index (χ3n) is 4.92. The van der Waals surface area contributed by atoms with E-state index in [1.165, 1.54) is 24.8 Å². The highest BCUT2D eigenvalue weighted by atomic mass is 16.5. The van der Waals surface area contributed by atoms with Gasteiger partial charge in [-0.3, -0.25) is 0 Å². The predicted octanol–water partition coefficient (Wildman–Crippen LogP) is 4.42. The lowest BCUT2D eigenvalue weighted by atomic mass is 9.64. The number of methoxy groups -OCH3 is 1. The van der Waals surface area contributed by atoms with E-state index in [-0.39, 0.29) is 5.41 Å². The lowest BCUT2D eigenvalue weighted by Gasteiger charge is -2.45. The first kappa shape index (κ1) is 13.6. The van der Waals surface area contributed by atoms with Gasteiger partial charge in [-0.1, -0.05) is 51.1 Å². The molecule has 0 radical (unpaired) electrons. The third-order valence-corrected chi connectivity index (χ3v) is 4.92. The highest BCUT2D eigenvalue weighted by molar-refractivity contribution is 5.27. The van der Waals surface area contributed by atoms with Crippen LogP contribution in [0.2, 0.25) is 0 Å². The summed E-state index contributed by atoms with van der Waals surface area (Å²) >= 11 is 0. The van der Waals surface area contributed by atoms with Gasteiger partial charge in [0.2, 0.25) is 0 Å². The first-order valence-corrected chi connectivity index (χ1v) is 7.16. The molecule has 0 spiro atoms. The van der Waals surface area contributed by atoms with E-state index in [9.17, 15) is 0 Å². The van der Waals surface area contributed by atoms with E-state index < -0.39 is 0 Å². The van der Waals surface area contributed by atoms with Crippen molar-refractivity contribution >= 4 is 0 Å². The summed E-state index contributed by atoms with van der Waals surface area (Å²) in [5.74, 6) is 1.58. The molecule has 1 nitrogen and oxygen atoms in total. The molecule has 0 aliphatic heterocycles. The van der Waals surface area contributed by atoms with Crippen LogP contribution in [-0.2, 0) is 10.2 Å². The molecular formula is C17H26O. The van der Waals surface area contributed by atoms with Crippen LogP contribution in [0, 0.1) is 11.8 Å². The summed E-state index contributed by atoms with van der Waals surface area (Å²) in [6.07, 6.45) is 4.10. The normalized spacial score (nSPS) is 32.7. The van der Waals surface area contributed by atoms with Gasteiger partial charge in [-0.15, -0.1) is 0 Å². The quantitative estimate of drug-likeness (QED) is 0.767. The van der Waals surface area contributed by atoms with E-state index in [0.29, 0.717) is 6.10 Å². The molecule has 1 aliphatic carbocycles. The van der Waals surface area contributed by atoms with Crippen molar-refractivity contribution in [2.75, 3.05) is 7.11 Å². The smallest absolute Gasteiger partial charge is 0.0667 e. The summed E-state index contributed by atoms with van der Waals surface area (Å²) in [4.78, 5) is 0. The van der Waals surface area contributed by atoms with E-state index in [0.717, 1.165) is 11.8 Å². The molecular weight excluding hydrogens is 220 g/mol. The molecule has 1 aromatic rings. The van der Waals surface area contributed by atoms with Crippen molar-refractivity contribution in [1.29, 1.82) is 0 Å². The summed E-state index contributed by atoms with van der Waals surface area (Å²) in [6, 6.07) is 10.9. The predicted molar refractivity (Wildman–Crippen MR) is 76.8 cm³/mol. The molecule has 0 aromatic heterocycles. The van der Waals surface area contributed by atoms with E-state index in [1.54, 1.807) is 0 Å². The van der Waals surface area contributed by atoms with Crippen molar-refractivity contribution in [3.8, 4) is 0 Å². The van der Waals surface area contributed by atoms with E-state index >= 15 is 0 Å². The lowest BCUT2D eigenvalue weighted by molar-refractivity contribution is -0.0171. The monoisotopic (exact) mass is 246 g/mol. The minimum atomic E-state index is 0.182. The molecule has 0 heterocycles. The van der Waals surface area contributed by atoms with Crippen LogP contribution in [0.25, 0.3) is 0 Å². The largest absolute Gasteiger partial charge is 0.381 e. The Hall–Kier alpha value is -0.820. The number of rotatable bonds is 3. The van der Waals surface area contributed by atoms with Gasteiger partial charge in [0.25, 0.3) is 0 Å². The fraction of sp³-hybridized carbons (Fsp3) is 0.647. The van der Waals surface area contributed by atoms with Gasteiger partial charge in [0.15, 0.2) is 0 Å². The van der Waals surface area contributed by atoms with E-state index in [1.807, 2.05) is 7.11 Å². The number of benzene rings is 1. The molecule has 1 saturated carbocycles. The summed E-state index contributed by atoms with van der Waals surface area (Å²) in [5.41, 5.74) is 1.61. The zero-order valence-electron chi connectivity index (χ0n) is 12.1. The molecule has 100 valence electrons. The zero-order valence-corrected chi connectivity index (χ0v) is 12.1. The number of hydrogen-bond acceptors (Lipinski definition) is 1. The van der Waals surface area contributed by atoms with Crippen LogP contribution in [0.5, 0.6) is 0 Å². The van der Waals surface area contributed by atoms with Crippen molar-refractivity contribution in [3.63, 3.8) is 0 Å². The summed E-state index contributed by atoms with van der Waals surface area (Å²) in [6.45, 7) is 7.04. The van der Waals surface area contributed by atoms with Gasteiger partial charge in [-0.2, -0.15) is 0 Å². The topological polar surface area (TPSA) is 9.23 Å². The molecule has 0 saturated heterocycles. The maximum Gasteiger partial charge on any atom is 0.0667 e. The van der Waals surface area contributed by atoms with Gasteiger partial charge in [0, 0.05) is 12.5 Å². The summed E-state index contributed by atoms with van der Waals surface area (Å²) < 4.78 is 5.84. The molecule has 1 fully saturated rings.